The second kappa shape index (κ2) is 9.50. The molecule has 174 valence electrons. The summed E-state index contributed by atoms with van der Waals surface area (Å²) in [4.78, 5) is 35.7. The molecule has 3 aromatic rings. The van der Waals surface area contributed by atoms with Gasteiger partial charge < -0.3 is 9.64 Å². The lowest BCUT2D eigenvalue weighted by molar-refractivity contribution is -0.131. The third-order valence-electron chi connectivity index (χ3n) is 6.56. The molecule has 8 heteroatoms. The van der Waals surface area contributed by atoms with Crippen molar-refractivity contribution in [1.82, 2.24) is 14.5 Å². The summed E-state index contributed by atoms with van der Waals surface area (Å²) >= 11 is 3.00. The number of nitrogens with zero attached hydrogens (tertiary/aromatic N) is 3. The Bertz CT molecular complexity index is 1230. The number of thiophene rings is 1. The first kappa shape index (κ1) is 22.5. The number of aryl methyl sites for hydroxylation is 2. The largest absolute Gasteiger partial charge is 0.494 e. The summed E-state index contributed by atoms with van der Waals surface area (Å²) in [6.45, 7) is 5.47. The number of hydrogen-bond donors (Lipinski definition) is 0. The second-order valence-electron chi connectivity index (χ2n) is 8.72. The van der Waals surface area contributed by atoms with Crippen LogP contribution in [-0.2, 0) is 17.6 Å². The fraction of sp³-hybridized carbons (Fsp3) is 0.480. The van der Waals surface area contributed by atoms with Crippen molar-refractivity contribution in [2.45, 2.75) is 63.6 Å². The summed E-state index contributed by atoms with van der Waals surface area (Å²) in [6, 6.07) is 7.82. The van der Waals surface area contributed by atoms with Gasteiger partial charge in [-0.3, -0.25) is 14.2 Å². The van der Waals surface area contributed by atoms with E-state index >= 15 is 0 Å². The Kier molecular flexibility index (Phi) is 6.47. The van der Waals surface area contributed by atoms with Crippen LogP contribution in [0.2, 0.25) is 0 Å². The minimum Gasteiger partial charge on any atom is -0.494 e. The standard InChI is InChI=1S/C25H29N3O3S2/c1-3-31-18-12-10-17(11-13-18)28-24(30)22-19-8-6-9-20(19)33-23(22)26-25(28)32-15-21(29)27-14-5-4-7-16(27)2/h10-13,16H,3-9,14-15H2,1-2H3/t16-/m1/s1. The highest BCUT2D eigenvalue weighted by Crippen LogP contribution is 2.36. The van der Waals surface area contributed by atoms with Crippen LogP contribution in [0.15, 0.2) is 34.2 Å². The molecule has 1 aliphatic carbocycles. The quantitative estimate of drug-likeness (QED) is 0.371. The van der Waals surface area contributed by atoms with Crippen LogP contribution in [-0.4, -0.2) is 45.3 Å². The smallest absolute Gasteiger partial charge is 0.267 e. The first-order valence-corrected chi connectivity index (χ1v) is 13.6. The Morgan fingerprint density at radius 3 is 2.79 bits per heavy atom. The molecule has 1 fully saturated rings. The van der Waals surface area contributed by atoms with Crippen LogP contribution in [0.1, 0.15) is 50.0 Å². The van der Waals surface area contributed by atoms with Gasteiger partial charge >= 0.3 is 0 Å². The predicted molar refractivity (Wildman–Crippen MR) is 134 cm³/mol. The molecule has 2 aromatic heterocycles. The zero-order chi connectivity index (χ0) is 22.9. The lowest BCUT2D eigenvalue weighted by atomic mass is 10.0. The first-order chi connectivity index (χ1) is 16.1. The Morgan fingerprint density at radius 2 is 2.03 bits per heavy atom. The molecule has 1 atom stereocenters. The number of amides is 1. The summed E-state index contributed by atoms with van der Waals surface area (Å²) in [5.74, 6) is 1.17. The van der Waals surface area contributed by atoms with Crippen LogP contribution in [0.25, 0.3) is 15.9 Å². The van der Waals surface area contributed by atoms with Crippen LogP contribution < -0.4 is 10.3 Å². The van der Waals surface area contributed by atoms with E-state index in [4.69, 9.17) is 9.72 Å². The number of thioether (sulfide) groups is 1. The monoisotopic (exact) mass is 483 g/mol. The summed E-state index contributed by atoms with van der Waals surface area (Å²) in [7, 11) is 0. The number of fused-ring (bicyclic) bond motifs is 3. The van der Waals surface area contributed by atoms with E-state index in [1.807, 2.05) is 36.1 Å². The fourth-order valence-corrected chi connectivity index (χ4v) is 7.09. The highest BCUT2D eigenvalue weighted by atomic mass is 32.2. The number of carbonyl (C=O) groups is 1. The molecule has 1 aliphatic heterocycles. The number of rotatable bonds is 6. The number of piperidine rings is 1. The van der Waals surface area contributed by atoms with Crippen molar-refractivity contribution < 1.29 is 9.53 Å². The van der Waals surface area contributed by atoms with E-state index in [2.05, 4.69) is 6.92 Å². The molecule has 33 heavy (non-hydrogen) atoms. The third-order valence-corrected chi connectivity index (χ3v) is 8.67. The summed E-state index contributed by atoms with van der Waals surface area (Å²) in [5, 5.41) is 1.33. The van der Waals surface area contributed by atoms with Crippen molar-refractivity contribution in [1.29, 1.82) is 0 Å². The zero-order valence-corrected chi connectivity index (χ0v) is 20.8. The van der Waals surface area contributed by atoms with Gasteiger partial charge in [0.15, 0.2) is 5.16 Å². The molecule has 1 aromatic carbocycles. The van der Waals surface area contributed by atoms with Gasteiger partial charge in [-0.2, -0.15) is 0 Å². The second-order valence-corrected chi connectivity index (χ2v) is 10.7. The molecule has 0 spiro atoms. The molecule has 0 N–H and O–H groups in total. The van der Waals surface area contributed by atoms with E-state index in [0.29, 0.717) is 11.8 Å². The van der Waals surface area contributed by atoms with Gasteiger partial charge in [-0.1, -0.05) is 11.8 Å². The van der Waals surface area contributed by atoms with Crippen molar-refractivity contribution in [3.05, 3.63) is 45.1 Å². The number of carbonyl (C=O) groups excluding carboxylic acids is 1. The van der Waals surface area contributed by atoms with E-state index in [1.54, 1.807) is 15.9 Å². The van der Waals surface area contributed by atoms with E-state index in [0.717, 1.165) is 60.3 Å². The van der Waals surface area contributed by atoms with E-state index in [9.17, 15) is 9.59 Å². The van der Waals surface area contributed by atoms with Crippen molar-refractivity contribution in [2.24, 2.45) is 0 Å². The molecule has 2 aliphatic rings. The molecule has 0 saturated carbocycles. The highest BCUT2D eigenvalue weighted by molar-refractivity contribution is 7.99. The Morgan fingerprint density at radius 1 is 1.21 bits per heavy atom. The van der Waals surface area contributed by atoms with Gasteiger partial charge in [0.05, 0.1) is 23.4 Å². The SMILES string of the molecule is CCOc1ccc(-n2c(SCC(=O)N3CCCC[C@H]3C)nc3sc4c(c3c2=O)CCC4)cc1. The molecule has 6 nitrogen and oxygen atoms in total. The molecule has 0 bridgehead atoms. The van der Waals surface area contributed by atoms with Gasteiger partial charge in [-0.25, -0.2) is 4.98 Å². The van der Waals surface area contributed by atoms with Gasteiger partial charge in [-0.15, -0.1) is 11.3 Å². The average Bonchev–Trinajstić information content (AvgIpc) is 3.40. The van der Waals surface area contributed by atoms with Crippen molar-refractivity contribution in [2.75, 3.05) is 18.9 Å². The van der Waals surface area contributed by atoms with E-state index in [1.165, 1.54) is 28.6 Å². The van der Waals surface area contributed by atoms with Crippen LogP contribution in [0.4, 0.5) is 0 Å². The lowest BCUT2D eigenvalue weighted by Gasteiger charge is -2.33. The predicted octanol–water partition coefficient (Wildman–Crippen LogP) is 4.83. The van der Waals surface area contributed by atoms with E-state index < -0.39 is 0 Å². The maximum atomic E-state index is 13.8. The van der Waals surface area contributed by atoms with Gasteiger partial charge in [0.25, 0.3) is 5.56 Å². The Hall–Kier alpha value is -2.32. The topological polar surface area (TPSA) is 64.4 Å². The van der Waals surface area contributed by atoms with Crippen LogP contribution in [0.5, 0.6) is 5.75 Å². The number of ether oxygens (including phenoxy) is 1. The summed E-state index contributed by atoms with van der Waals surface area (Å²) < 4.78 is 7.26. The number of benzene rings is 1. The maximum absolute atomic E-state index is 13.8. The van der Waals surface area contributed by atoms with E-state index in [-0.39, 0.29) is 23.3 Å². The van der Waals surface area contributed by atoms with Crippen molar-refractivity contribution >= 4 is 39.2 Å². The maximum Gasteiger partial charge on any atom is 0.267 e. The number of hydrogen-bond acceptors (Lipinski definition) is 6. The van der Waals surface area contributed by atoms with Gasteiger partial charge in [0, 0.05) is 17.5 Å². The number of likely N-dealkylation sites (tertiary alicyclic amines) is 1. The summed E-state index contributed by atoms with van der Waals surface area (Å²) in [5.41, 5.74) is 1.88. The van der Waals surface area contributed by atoms with Crippen molar-refractivity contribution in [3.8, 4) is 11.4 Å². The first-order valence-electron chi connectivity index (χ1n) is 11.8. The van der Waals surface area contributed by atoms with Gasteiger partial charge in [0.2, 0.25) is 5.91 Å². The third kappa shape index (κ3) is 4.30. The average molecular weight is 484 g/mol. The fourth-order valence-electron chi connectivity index (χ4n) is 4.89. The molecule has 5 rings (SSSR count). The van der Waals surface area contributed by atoms with Crippen LogP contribution >= 0.6 is 23.1 Å². The normalized spacial score (nSPS) is 18.0. The van der Waals surface area contributed by atoms with Gasteiger partial charge in [0.1, 0.15) is 10.6 Å². The zero-order valence-electron chi connectivity index (χ0n) is 19.1. The van der Waals surface area contributed by atoms with Crippen LogP contribution in [0.3, 0.4) is 0 Å². The highest BCUT2D eigenvalue weighted by Gasteiger charge is 2.26. The molecule has 3 heterocycles. The van der Waals surface area contributed by atoms with Crippen LogP contribution in [0, 0.1) is 0 Å². The van der Waals surface area contributed by atoms with Crippen molar-refractivity contribution in [3.63, 3.8) is 0 Å². The summed E-state index contributed by atoms with van der Waals surface area (Å²) in [6.07, 6.45) is 6.34. The minimum atomic E-state index is -0.0372. The Balaban J connectivity index is 1.53. The number of aromatic nitrogens is 2. The molecule has 1 saturated heterocycles. The molecule has 1 amide bonds. The molecular weight excluding hydrogens is 454 g/mol. The molecular formula is C25H29N3O3S2. The molecule has 0 radical (unpaired) electrons. The molecule has 0 unspecified atom stereocenters. The Labute approximate surface area is 202 Å². The minimum absolute atomic E-state index is 0.0372. The van der Waals surface area contributed by atoms with Gasteiger partial charge in [-0.05, 0) is 82.2 Å². The lowest BCUT2D eigenvalue weighted by Crippen LogP contribution is -2.43.